The van der Waals surface area contributed by atoms with Gasteiger partial charge in [0.2, 0.25) is 0 Å². The largest absolute Gasteiger partial charge is 0.493 e. The summed E-state index contributed by atoms with van der Waals surface area (Å²) in [6.07, 6.45) is 2.39. The van der Waals surface area contributed by atoms with Crippen molar-refractivity contribution < 1.29 is 23.9 Å². The van der Waals surface area contributed by atoms with E-state index in [2.05, 4.69) is 23.9 Å². The van der Waals surface area contributed by atoms with Gasteiger partial charge in [-0.05, 0) is 55.8 Å². The lowest BCUT2D eigenvalue weighted by atomic mass is 10.0. The van der Waals surface area contributed by atoms with E-state index in [0.29, 0.717) is 33.3 Å². The van der Waals surface area contributed by atoms with Gasteiger partial charge in [0.1, 0.15) is 11.9 Å². The second kappa shape index (κ2) is 11.3. The minimum atomic E-state index is -1.06. The zero-order chi connectivity index (χ0) is 27.3. The Morgan fingerprint density at radius 2 is 1.62 bits per heavy atom. The molecule has 10 heteroatoms. The Kier molecular flexibility index (Phi) is 8.13. The van der Waals surface area contributed by atoms with Crippen LogP contribution in [0.1, 0.15) is 31.0 Å². The molecule has 0 radical (unpaired) electrons. The number of nitrogens with zero attached hydrogens (tertiary/aromatic N) is 1. The molecule has 192 valence electrons. The topological polar surface area (TPSA) is 147 Å². The number of hydrazine groups is 1. The Bertz CT molecular complexity index is 1270. The average Bonchev–Trinajstić information content (AvgIpc) is 3.10. The van der Waals surface area contributed by atoms with Crippen LogP contribution in [0.2, 0.25) is 0 Å². The highest BCUT2D eigenvalue weighted by Crippen LogP contribution is 2.33. The Balaban J connectivity index is 1.97. The van der Waals surface area contributed by atoms with Crippen molar-refractivity contribution in [1.29, 1.82) is 5.41 Å². The summed E-state index contributed by atoms with van der Waals surface area (Å²) < 4.78 is 11.2. The molecular weight excluding hydrogens is 474 g/mol. The van der Waals surface area contributed by atoms with Crippen molar-refractivity contribution in [3.05, 3.63) is 90.0 Å². The van der Waals surface area contributed by atoms with Crippen molar-refractivity contribution in [1.82, 2.24) is 10.4 Å². The summed E-state index contributed by atoms with van der Waals surface area (Å²) in [7, 11) is 1.48. The fraction of sp³-hybridized carbons (Fsp3) is 0.185. The van der Waals surface area contributed by atoms with Gasteiger partial charge in [-0.3, -0.25) is 25.2 Å². The monoisotopic (exact) mass is 503 g/mol. The molecule has 0 aromatic heterocycles. The standard InChI is InChI=1S/C27H29N5O5/c1-6-19-20(7-2)27(35)32(26(19)34)31-25(33)23(30-18-11-8-16(9-12-18)24(28)29)17-10-13-21(37-15(3)4)22(14-17)36-5/h6-15,23,30H,1-2H2,3-5H3,(H3,28,29)(H,31,33). The molecule has 5 N–H and O–H groups in total. The number of benzene rings is 2. The fourth-order valence-electron chi connectivity index (χ4n) is 3.66. The summed E-state index contributed by atoms with van der Waals surface area (Å²) >= 11 is 0. The van der Waals surface area contributed by atoms with Gasteiger partial charge in [0.15, 0.2) is 11.5 Å². The van der Waals surface area contributed by atoms with Crippen LogP contribution in [0.4, 0.5) is 5.69 Å². The third-order valence-corrected chi connectivity index (χ3v) is 5.44. The van der Waals surface area contributed by atoms with Gasteiger partial charge in [-0.2, -0.15) is 5.01 Å². The number of carbonyl (C=O) groups excluding carboxylic acids is 3. The fourth-order valence-corrected chi connectivity index (χ4v) is 3.66. The van der Waals surface area contributed by atoms with E-state index in [4.69, 9.17) is 20.6 Å². The molecule has 0 fully saturated rings. The van der Waals surface area contributed by atoms with Crippen LogP contribution in [0.3, 0.4) is 0 Å². The summed E-state index contributed by atoms with van der Waals surface area (Å²) in [5.41, 5.74) is 9.54. The van der Waals surface area contributed by atoms with E-state index in [1.807, 2.05) is 13.8 Å². The maximum absolute atomic E-state index is 13.5. The lowest BCUT2D eigenvalue weighted by molar-refractivity contribution is -0.147. The van der Waals surface area contributed by atoms with Crippen LogP contribution in [0, 0.1) is 5.41 Å². The van der Waals surface area contributed by atoms with Crippen molar-refractivity contribution in [2.45, 2.75) is 26.0 Å². The number of carbonyl (C=O) groups is 3. The van der Waals surface area contributed by atoms with Crippen molar-refractivity contribution in [2.24, 2.45) is 5.73 Å². The Hall–Kier alpha value is -4.86. The molecule has 1 aliphatic rings. The van der Waals surface area contributed by atoms with Crippen LogP contribution in [-0.4, -0.2) is 41.8 Å². The van der Waals surface area contributed by atoms with E-state index in [1.54, 1.807) is 42.5 Å². The van der Waals surface area contributed by atoms with E-state index in [0.717, 1.165) is 0 Å². The molecule has 0 saturated heterocycles. The molecule has 2 aromatic carbocycles. The van der Waals surface area contributed by atoms with E-state index < -0.39 is 23.8 Å². The van der Waals surface area contributed by atoms with Crippen LogP contribution in [-0.2, 0) is 14.4 Å². The van der Waals surface area contributed by atoms with E-state index >= 15 is 0 Å². The quantitative estimate of drug-likeness (QED) is 0.209. The SMILES string of the molecule is C=CC1=C(C=C)C(=O)N(NC(=O)C(Nc2ccc(C(=N)N)cc2)c2ccc(OC(C)C)c(OC)c2)C1=O. The third kappa shape index (κ3) is 5.69. The highest BCUT2D eigenvalue weighted by molar-refractivity contribution is 6.22. The first-order valence-electron chi connectivity index (χ1n) is 11.3. The van der Waals surface area contributed by atoms with Crippen molar-refractivity contribution >= 4 is 29.2 Å². The van der Waals surface area contributed by atoms with Crippen molar-refractivity contribution in [3.8, 4) is 11.5 Å². The number of nitrogens with one attached hydrogen (secondary N) is 3. The molecule has 2 aromatic rings. The maximum atomic E-state index is 13.5. The molecule has 10 nitrogen and oxygen atoms in total. The van der Waals surface area contributed by atoms with Crippen LogP contribution >= 0.6 is 0 Å². The number of nitrogen functional groups attached to an aromatic ring is 1. The van der Waals surface area contributed by atoms with Gasteiger partial charge in [-0.25, -0.2) is 0 Å². The predicted octanol–water partition coefficient (Wildman–Crippen LogP) is 2.99. The maximum Gasteiger partial charge on any atom is 0.280 e. The third-order valence-electron chi connectivity index (χ3n) is 5.44. The zero-order valence-electron chi connectivity index (χ0n) is 20.8. The van der Waals surface area contributed by atoms with Crippen LogP contribution in [0.15, 0.2) is 78.9 Å². The summed E-state index contributed by atoms with van der Waals surface area (Å²) in [5, 5.41) is 11.3. The lowest BCUT2D eigenvalue weighted by Crippen LogP contribution is -2.49. The first-order valence-corrected chi connectivity index (χ1v) is 11.3. The first-order chi connectivity index (χ1) is 17.6. The molecule has 1 atom stereocenters. The number of imide groups is 1. The van der Waals surface area contributed by atoms with Crippen LogP contribution < -0.4 is 25.9 Å². The molecule has 1 aliphatic heterocycles. The first kappa shape index (κ1) is 26.7. The van der Waals surface area contributed by atoms with Gasteiger partial charge in [-0.1, -0.05) is 31.4 Å². The molecule has 0 aliphatic carbocycles. The Morgan fingerprint density at radius 3 is 2.11 bits per heavy atom. The highest BCUT2D eigenvalue weighted by atomic mass is 16.5. The smallest absolute Gasteiger partial charge is 0.280 e. The highest BCUT2D eigenvalue weighted by Gasteiger charge is 2.38. The summed E-state index contributed by atoms with van der Waals surface area (Å²) in [5.74, 6) is -1.33. The molecule has 0 spiro atoms. The molecule has 3 amide bonds. The predicted molar refractivity (Wildman–Crippen MR) is 140 cm³/mol. The van der Waals surface area contributed by atoms with Crippen LogP contribution in [0.25, 0.3) is 0 Å². The summed E-state index contributed by atoms with van der Waals surface area (Å²) in [6, 6.07) is 10.5. The second-order valence-corrected chi connectivity index (χ2v) is 8.30. The molecule has 1 unspecified atom stereocenters. The number of amides is 3. The minimum Gasteiger partial charge on any atom is -0.493 e. The molecule has 1 heterocycles. The van der Waals surface area contributed by atoms with Gasteiger partial charge >= 0.3 is 0 Å². The van der Waals surface area contributed by atoms with Gasteiger partial charge in [0.25, 0.3) is 17.7 Å². The van der Waals surface area contributed by atoms with Crippen LogP contribution in [0.5, 0.6) is 11.5 Å². The Morgan fingerprint density at radius 1 is 1.03 bits per heavy atom. The number of hydrogen-bond acceptors (Lipinski definition) is 7. The van der Waals surface area contributed by atoms with Crippen molar-refractivity contribution in [3.63, 3.8) is 0 Å². The van der Waals surface area contributed by atoms with Gasteiger partial charge in [-0.15, -0.1) is 0 Å². The van der Waals surface area contributed by atoms with E-state index in [9.17, 15) is 14.4 Å². The number of rotatable bonds is 11. The number of methoxy groups -OCH3 is 1. The molecule has 37 heavy (non-hydrogen) atoms. The Labute approximate surface area is 214 Å². The second-order valence-electron chi connectivity index (χ2n) is 8.30. The molecular formula is C27H29N5O5. The van der Waals surface area contributed by atoms with E-state index in [-0.39, 0.29) is 23.1 Å². The molecule has 0 bridgehead atoms. The number of amidine groups is 1. The zero-order valence-corrected chi connectivity index (χ0v) is 20.8. The average molecular weight is 504 g/mol. The lowest BCUT2D eigenvalue weighted by Gasteiger charge is -2.24. The minimum absolute atomic E-state index is 0.0430. The van der Waals surface area contributed by atoms with Gasteiger partial charge in [0, 0.05) is 11.3 Å². The summed E-state index contributed by atoms with van der Waals surface area (Å²) in [6.45, 7) is 10.9. The van der Waals surface area contributed by atoms with Gasteiger partial charge in [0.05, 0.1) is 24.4 Å². The normalized spacial score (nSPS) is 13.9. The number of hydrogen-bond donors (Lipinski definition) is 4. The van der Waals surface area contributed by atoms with E-state index in [1.165, 1.54) is 19.3 Å². The number of ether oxygens (including phenoxy) is 2. The van der Waals surface area contributed by atoms with Gasteiger partial charge < -0.3 is 20.5 Å². The summed E-state index contributed by atoms with van der Waals surface area (Å²) in [4.78, 5) is 39.0. The number of nitrogens with two attached hydrogens (primary N) is 1. The molecule has 3 rings (SSSR count). The molecule has 0 saturated carbocycles. The number of anilines is 1. The van der Waals surface area contributed by atoms with Crippen molar-refractivity contribution in [2.75, 3.05) is 12.4 Å².